The number of carbonyl (C=O) groups is 3. The Kier molecular flexibility index (Phi) is 9.21. The van der Waals surface area contributed by atoms with Crippen LogP contribution in [0.5, 0.6) is 11.5 Å². The second kappa shape index (κ2) is 11.6. The molecule has 2 atom stereocenters. The van der Waals surface area contributed by atoms with E-state index in [-0.39, 0.29) is 23.2 Å². The molecule has 0 unspecified atom stereocenters. The average Bonchev–Trinajstić information content (AvgIpc) is 2.75. The van der Waals surface area contributed by atoms with Gasteiger partial charge in [-0.05, 0) is 35.9 Å². The summed E-state index contributed by atoms with van der Waals surface area (Å²) in [5, 5.41) is 12.0. The van der Waals surface area contributed by atoms with Crippen LogP contribution >= 0.6 is 23.4 Å². The lowest BCUT2D eigenvalue weighted by Crippen LogP contribution is -2.41. The highest BCUT2D eigenvalue weighted by atomic mass is 35.5. The molecule has 2 aromatic rings. The van der Waals surface area contributed by atoms with Crippen molar-refractivity contribution >= 4 is 41.0 Å². The summed E-state index contributed by atoms with van der Waals surface area (Å²) in [4.78, 5) is 35.8. The van der Waals surface area contributed by atoms with Gasteiger partial charge in [0.05, 0.1) is 14.2 Å². The number of carboxylic acid groups (broad SMARTS) is 1. The molecule has 0 fully saturated rings. The van der Waals surface area contributed by atoms with E-state index < -0.39 is 17.9 Å². The minimum atomic E-state index is -1.14. The Morgan fingerprint density at radius 2 is 1.71 bits per heavy atom. The van der Waals surface area contributed by atoms with Crippen LogP contribution in [0.1, 0.15) is 34.5 Å². The SMILES string of the molecule is COc1ccc(C(=O)C[C@@H](SC[C@@H](NC(C)=O)C(=O)O)c2ccc(Cl)cc2)cc1OC. The van der Waals surface area contributed by atoms with Crippen molar-refractivity contribution in [1.82, 2.24) is 5.32 Å². The molecular formula is C22H24ClNO6S. The van der Waals surface area contributed by atoms with Crippen LogP contribution in [0.4, 0.5) is 0 Å². The van der Waals surface area contributed by atoms with E-state index in [1.54, 1.807) is 42.5 Å². The van der Waals surface area contributed by atoms with Gasteiger partial charge < -0.3 is 19.9 Å². The molecule has 0 heterocycles. The highest BCUT2D eigenvalue weighted by Gasteiger charge is 2.24. The maximum Gasteiger partial charge on any atom is 0.327 e. The highest BCUT2D eigenvalue weighted by Crippen LogP contribution is 2.35. The van der Waals surface area contributed by atoms with Crippen molar-refractivity contribution in [2.24, 2.45) is 0 Å². The Morgan fingerprint density at radius 1 is 1.06 bits per heavy atom. The number of ketones is 1. The van der Waals surface area contributed by atoms with Gasteiger partial charge >= 0.3 is 5.97 Å². The van der Waals surface area contributed by atoms with Crippen LogP contribution in [0.15, 0.2) is 42.5 Å². The molecule has 31 heavy (non-hydrogen) atoms. The Bertz CT molecular complexity index is 934. The fourth-order valence-corrected chi connectivity index (χ4v) is 4.27. The normalized spacial score (nSPS) is 12.5. The lowest BCUT2D eigenvalue weighted by atomic mass is 10.0. The molecule has 0 spiro atoms. The third kappa shape index (κ3) is 7.18. The van der Waals surface area contributed by atoms with E-state index in [1.807, 2.05) is 0 Å². The van der Waals surface area contributed by atoms with Crippen molar-refractivity contribution in [2.45, 2.75) is 24.6 Å². The fourth-order valence-electron chi connectivity index (χ4n) is 2.88. The second-order valence-electron chi connectivity index (χ2n) is 6.66. The third-order valence-electron chi connectivity index (χ3n) is 4.46. The van der Waals surface area contributed by atoms with E-state index in [2.05, 4.69) is 5.32 Å². The molecule has 9 heteroatoms. The molecule has 0 radical (unpaired) electrons. The number of hydrogen-bond acceptors (Lipinski definition) is 6. The average molecular weight is 466 g/mol. The molecular weight excluding hydrogens is 442 g/mol. The first-order chi connectivity index (χ1) is 14.7. The van der Waals surface area contributed by atoms with Crippen molar-refractivity contribution in [3.8, 4) is 11.5 Å². The van der Waals surface area contributed by atoms with Crippen molar-refractivity contribution in [3.63, 3.8) is 0 Å². The smallest absolute Gasteiger partial charge is 0.327 e. The molecule has 1 amide bonds. The highest BCUT2D eigenvalue weighted by molar-refractivity contribution is 7.99. The molecule has 0 saturated heterocycles. The largest absolute Gasteiger partial charge is 0.493 e. The standard InChI is InChI=1S/C22H24ClNO6S/c1-13(25)24-17(22(27)28)12-31-21(14-4-7-16(23)8-5-14)11-18(26)15-6-9-19(29-2)20(10-15)30-3/h4-10,17,21H,11-12H2,1-3H3,(H,24,25)(H,27,28)/t17-,21-/m1/s1. The number of benzene rings is 2. The van der Waals surface area contributed by atoms with Gasteiger partial charge in [-0.15, -0.1) is 0 Å². The fraction of sp³-hybridized carbons (Fsp3) is 0.318. The summed E-state index contributed by atoms with van der Waals surface area (Å²) < 4.78 is 10.5. The molecule has 2 rings (SSSR count). The van der Waals surface area contributed by atoms with Crippen LogP contribution in [0.2, 0.25) is 5.02 Å². The van der Waals surface area contributed by atoms with Crippen LogP contribution < -0.4 is 14.8 Å². The van der Waals surface area contributed by atoms with Gasteiger partial charge in [0.15, 0.2) is 17.3 Å². The van der Waals surface area contributed by atoms with Crippen LogP contribution in [0, 0.1) is 0 Å². The van der Waals surface area contributed by atoms with Gasteiger partial charge in [-0.3, -0.25) is 9.59 Å². The van der Waals surface area contributed by atoms with Gasteiger partial charge in [-0.1, -0.05) is 23.7 Å². The number of hydrogen-bond donors (Lipinski definition) is 2. The van der Waals surface area contributed by atoms with Gasteiger partial charge in [-0.2, -0.15) is 11.8 Å². The van der Waals surface area contributed by atoms with Crippen LogP contribution in [0.3, 0.4) is 0 Å². The number of carbonyl (C=O) groups excluding carboxylic acids is 2. The van der Waals surface area contributed by atoms with Crippen molar-refractivity contribution in [3.05, 3.63) is 58.6 Å². The molecule has 0 saturated carbocycles. The summed E-state index contributed by atoms with van der Waals surface area (Å²) in [5.41, 5.74) is 1.28. The van der Waals surface area contributed by atoms with Gasteiger partial charge in [0, 0.05) is 34.9 Å². The van der Waals surface area contributed by atoms with Crippen molar-refractivity contribution in [2.75, 3.05) is 20.0 Å². The zero-order valence-electron chi connectivity index (χ0n) is 17.4. The number of aliphatic carboxylic acids is 1. The predicted octanol–water partition coefficient (Wildman–Crippen LogP) is 3.99. The number of halogens is 1. The molecule has 2 N–H and O–H groups in total. The second-order valence-corrected chi connectivity index (χ2v) is 8.33. The summed E-state index contributed by atoms with van der Waals surface area (Å²) in [5.74, 6) is -0.648. The lowest BCUT2D eigenvalue weighted by Gasteiger charge is -2.20. The van der Waals surface area contributed by atoms with E-state index in [0.29, 0.717) is 22.1 Å². The molecule has 0 bridgehead atoms. The number of thioether (sulfide) groups is 1. The van der Waals surface area contributed by atoms with E-state index in [0.717, 1.165) is 5.56 Å². The monoisotopic (exact) mass is 465 g/mol. The van der Waals surface area contributed by atoms with E-state index >= 15 is 0 Å². The number of rotatable bonds is 11. The van der Waals surface area contributed by atoms with Gasteiger partial charge in [0.2, 0.25) is 5.91 Å². The molecule has 0 aliphatic rings. The van der Waals surface area contributed by atoms with E-state index in [4.69, 9.17) is 21.1 Å². The maximum atomic E-state index is 13.0. The zero-order chi connectivity index (χ0) is 23.0. The van der Waals surface area contributed by atoms with Crippen LogP contribution in [0.25, 0.3) is 0 Å². The van der Waals surface area contributed by atoms with E-state index in [1.165, 1.54) is 32.9 Å². The molecule has 166 valence electrons. The number of carboxylic acids is 1. The van der Waals surface area contributed by atoms with Crippen molar-refractivity contribution < 1.29 is 29.0 Å². The number of Topliss-reactive ketones (excluding diaryl/α,β-unsaturated/α-hetero) is 1. The topological polar surface area (TPSA) is 102 Å². The minimum Gasteiger partial charge on any atom is -0.493 e. The molecule has 0 aliphatic carbocycles. The Morgan fingerprint density at radius 3 is 2.26 bits per heavy atom. The first kappa shape index (κ1) is 24.6. The Balaban J connectivity index is 2.24. The maximum absolute atomic E-state index is 13.0. The number of ether oxygens (including phenoxy) is 2. The number of methoxy groups -OCH3 is 2. The molecule has 0 aromatic heterocycles. The lowest BCUT2D eigenvalue weighted by molar-refractivity contribution is -0.140. The Labute approximate surface area is 190 Å². The van der Waals surface area contributed by atoms with Crippen molar-refractivity contribution in [1.29, 1.82) is 0 Å². The first-order valence-electron chi connectivity index (χ1n) is 9.37. The molecule has 7 nitrogen and oxygen atoms in total. The summed E-state index contributed by atoms with van der Waals surface area (Å²) >= 11 is 7.27. The number of amides is 1. The summed E-state index contributed by atoms with van der Waals surface area (Å²) in [6.45, 7) is 1.26. The van der Waals surface area contributed by atoms with Gasteiger partial charge in [0.1, 0.15) is 6.04 Å². The van der Waals surface area contributed by atoms with Gasteiger partial charge in [0.25, 0.3) is 0 Å². The molecule has 2 aromatic carbocycles. The molecule has 0 aliphatic heterocycles. The summed E-state index contributed by atoms with van der Waals surface area (Å²) in [6, 6.07) is 10.9. The van der Waals surface area contributed by atoms with Crippen LogP contribution in [-0.2, 0) is 9.59 Å². The van der Waals surface area contributed by atoms with Gasteiger partial charge in [-0.25, -0.2) is 4.79 Å². The first-order valence-corrected chi connectivity index (χ1v) is 10.8. The number of nitrogens with one attached hydrogen (secondary N) is 1. The van der Waals surface area contributed by atoms with E-state index in [9.17, 15) is 19.5 Å². The summed E-state index contributed by atoms with van der Waals surface area (Å²) in [6.07, 6.45) is 0.119. The predicted molar refractivity (Wildman–Crippen MR) is 120 cm³/mol. The minimum absolute atomic E-state index is 0.0986. The zero-order valence-corrected chi connectivity index (χ0v) is 19.0. The quantitative estimate of drug-likeness (QED) is 0.483. The third-order valence-corrected chi connectivity index (χ3v) is 6.08. The summed E-state index contributed by atoms with van der Waals surface area (Å²) in [7, 11) is 3.01. The Hall–Kier alpha value is -2.71. The van der Waals surface area contributed by atoms with Crippen LogP contribution in [-0.4, -0.2) is 48.8 Å².